The fraction of sp³-hybridized carbons (Fsp3) is 0. The zero-order chi connectivity index (χ0) is 9.35. The van der Waals surface area contributed by atoms with Gasteiger partial charge in [-0.15, -0.1) is 0 Å². The number of sulfonamides is 1. The lowest BCUT2D eigenvalue weighted by molar-refractivity contribution is 0.569. The van der Waals surface area contributed by atoms with E-state index in [1.54, 1.807) is 22.6 Å². The molecule has 0 amide bonds. The second kappa shape index (κ2) is 3.23. The van der Waals surface area contributed by atoms with Crippen molar-refractivity contribution in [1.82, 2.24) is 4.98 Å². The van der Waals surface area contributed by atoms with E-state index in [1.807, 2.05) is 0 Å². The zero-order valence-corrected chi connectivity index (χ0v) is 8.63. The van der Waals surface area contributed by atoms with Gasteiger partial charge in [0.25, 0.3) is 0 Å². The van der Waals surface area contributed by atoms with Crippen molar-refractivity contribution < 1.29 is 12.8 Å². The zero-order valence-electron chi connectivity index (χ0n) is 5.66. The Morgan fingerprint density at radius 3 is 2.58 bits per heavy atom. The number of hydrogen-bond donors (Lipinski definition) is 1. The Morgan fingerprint density at radius 1 is 1.58 bits per heavy atom. The highest BCUT2D eigenvalue weighted by molar-refractivity contribution is 14.1. The van der Waals surface area contributed by atoms with Crippen LogP contribution in [0.2, 0.25) is 0 Å². The monoisotopic (exact) mass is 302 g/mol. The maximum Gasteiger partial charge on any atom is 0.239 e. The number of nitrogens with two attached hydrogens (primary N) is 1. The molecule has 1 heterocycles. The minimum absolute atomic E-state index is 0.124. The summed E-state index contributed by atoms with van der Waals surface area (Å²) >= 11 is 1.63. The maximum atomic E-state index is 12.5. The number of pyridine rings is 1. The van der Waals surface area contributed by atoms with Gasteiger partial charge in [0.1, 0.15) is 4.90 Å². The highest BCUT2D eigenvalue weighted by Gasteiger charge is 2.10. The second-order valence-electron chi connectivity index (χ2n) is 1.99. The van der Waals surface area contributed by atoms with Crippen molar-refractivity contribution in [2.24, 2.45) is 5.14 Å². The van der Waals surface area contributed by atoms with Crippen LogP contribution in [0, 0.1) is 9.52 Å². The van der Waals surface area contributed by atoms with Crippen molar-refractivity contribution in [3.63, 3.8) is 0 Å². The summed E-state index contributed by atoms with van der Waals surface area (Å²) in [6.07, 6.45) is 0.882. The Hall–Kier alpha value is -0.280. The average Bonchev–Trinajstić information content (AvgIpc) is 1.92. The van der Waals surface area contributed by atoms with Crippen LogP contribution in [0.15, 0.2) is 17.2 Å². The highest BCUT2D eigenvalue weighted by Crippen LogP contribution is 2.12. The molecule has 0 unspecified atom stereocenters. The van der Waals surface area contributed by atoms with E-state index in [0.717, 1.165) is 12.3 Å². The van der Waals surface area contributed by atoms with Gasteiger partial charge < -0.3 is 0 Å². The van der Waals surface area contributed by atoms with Gasteiger partial charge in [0.15, 0.2) is 0 Å². The van der Waals surface area contributed by atoms with Crippen molar-refractivity contribution in [3.05, 3.63) is 21.8 Å². The van der Waals surface area contributed by atoms with Crippen LogP contribution in [0.4, 0.5) is 4.39 Å². The Labute approximate surface area is 82.2 Å². The normalized spacial score (nSPS) is 11.6. The molecule has 66 valence electrons. The lowest BCUT2D eigenvalue weighted by atomic mass is 10.5. The predicted octanol–water partition coefficient (Wildman–Crippen LogP) is 0.473. The minimum Gasteiger partial charge on any atom is -0.226 e. The van der Waals surface area contributed by atoms with Gasteiger partial charge in [0, 0.05) is 0 Å². The first-order valence-corrected chi connectivity index (χ1v) is 5.37. The summed E-state index contributed by atoms with van der Waals surface area (Å²) < 4.78 is 34.1. The number of primary sulfonamides is 1. The van der Waals surface area contributed by atoms with E-state index in [4.69, 9.17) is 5.14 Å². The topological polar surface area (TPSA) is 73.1 Å². The van der Waals surface area contributed by atoms with Gasteiger partial charge in [-0.1, -0.05) is 0 Å². The van der Waals surface area contributed by atoms with Gasteiger partial charge in [-0.3, -0.25) is 0 Å². The van der Waals surface area contributed by atoms with Crippen LogP contribution in [0.3, 0.4) is 0 Å². The smallest absolute Gasteiger partial charge is 0.226 e. The van der Waals surface area contributed by atoms with E-state index < -0.39 is 16.0 Å². The third kappa shape index (κ3) is 2.11. The number of halogens is 2. The molecular weight excluding hydrogens is 298 g/mol. The Balaban J connectivity index is 3.33. The van der Waals surface area contributed by atoms with Crippen LogP contribution in [-0.2, 0) is 10.0 Å². The van der Waals surface area contributed by atoms with Crippen molar-refractivity contribution in [3.8, 4) is 0 Å². The molecule has 0 aliphatic heterocycles. The van der Waals surface area contributed by atoms with E-state index in [0.29, 0.717) is 0 Å². The highest BCUT2D eigenvalue weighted by atomic mass is 127. The molecule has 0 saturated heterocycles. The lowest BCUT2D eigenvalue weighted by Gasteiger charge is -1.97. The molecule has 2 N–H and O–H groups in total. The first-order valence-electron chi connectivity index (χ1n) is 2.75. The van der Waals surface area contributed by atoms with Crippen molar-refractivity contribution in [1.29, 1.82) is 0 Å². The van der Waals surface area contributed by atoms with E-state index in [-0.39, 0.29) is 8.47 Å². The van der Waals surface area contributed by atoms with Crippen molar-refractivity contribution in [2.75, 3.05) is 0 Å². The van der Waals surface area contributed by atoms with Gasteiger partial charge in [-0.2, -0.15) is 4.39 Å². The SMILES string of the molecule is NS(=O)(=O)c1cnc(F)c(I)c1. The molecule has 0 radical (unpaired) electrons. The van der Waals surface area contributed by atoms with Crippen LogP contribution in [0.1, 0.15) is 0 Å². The van der Waals surface area contributed by atoms with Gasteiger partial charge in [0.05, 0.1) is 9.77 Å². The molecule has 0 aliphatic rings. The molecule has 1 aromatic heterocycles. The van der Waals surface area contributed by atoms with Gasteiger partial charge in [0.2, 0.25) is 16.0 Å². The van der Waals surface area contributed by atoms with E-state index >= 15 is 0 Å². The molecule has 0 atom stereocenters. The summed E-state index contributed by atoms with van der Waals surface area (Å²) in [5.74, 6) is -0.706. The van der Waals surface area contributed by atoms with E-state index in [1.165, 1.54) is 0 Å². The van der Waals surface area contributed by atoms with Crippen LogP contribution >= 0.6 is 22.6 Å². The molecule has 12 heavy (non-hydrogen) atoms. The van der Waals surface area contributed by atoms with E-state index in [9.17, 15) is 12.8 Å². The summed E-state index contributed by atoms with van der Waals surface area (Å²) in [4.78, 5) is 3.03. The number of hydrogen-bond acceptors (Lipinski definition) is 3. The molecule has 1 rings (SSSR count). The molecule has 1 aromatic rings. The Kier molecular flexibility index (Phi) is 2.64. The number of nitrogens with zero attached hydrogens (tertiary/aromatic N) is 1. The Bertz CT molecular complexity index is 406. The van der Waals surface area contributed by atoms with Gasteiger partial charge in [-0.25, -0.2) is 18.5 Å². The number of aromatic nitrogens is 1. The molecule has 0 saturated carbocycles. The molecule has 4 nitrogen and oxygen atoms in total. The van der Waals surface area contributed by atoms with E-state index in [2.05, 4.69) is 4.98 Å². The largest absolute Gasteiger partial charge is 0.239 e. The second-order valence-corrected chi connectivity index (χ2v) is 4.71. The third-order valence-corrected chi connectivity index (χ3v) is 2.74. The molecule has 0 aromatic carbocycles. The molecule has 0 aliphatic carbocycles. The molecule has 7 heteroatoms. The van der Waals surface area contributed by atoms with Gasteiger partial charge in [-0.05, 0) is 28.7 Å². The van der Waals surface area contributed by atoms with Crippen LogP contribution in [-0.4, -0.2) is 13.4 Å². The first kappa shape index (κ1) is 9.81. The maximum absolute atomic E-state index is 12.5. The standard InChI is InChI=1S/C5H4FIN2O2S/c6-5-4(7)1-3(2-9-5)12(8,10)11/h1-2H,(H2,8,10,11). The van der Waals surface area contributed by atoms with Crippen LogP contribution in [0.5, 0.6) is 0 Å². The Morgan fingerprint density at radius 2 is 2.17 bits per heavy atom. The summed E-state index contributed by atoms with van der Waals surface area (Å²) in [5.41, 5.74) is 0. The molecule has 0 bridgehead atoms. The molecule has 0 spiro atoms. The van der Waals surface area contributed by atoms with Crippen LogP contribution in [0.25, 0.3) is 0 Å². The van der Waals surface area contributed by atoms with Crippen molar-refractivity contribution in [2.45, 2.75) is 4.90 Å². The summed E-state index contributed by atoms with van der Waals surface area (Å²) in [5, 5.41) is 4.78. The lowest BCUT2D eigenvalue weighted by Crippen LogP contribution is -2.13. The number of rotatable bonds is 1. The summed E-state index contributed by atoms with van der Waals surface area (Å²) in [6.45, 7) is 0. The summed E-state index contributed by atoms with van der Waals surface area (Å²) in [6, 6.07) is 1.12. The van der Waals surface area contributed by atoms with Gasteiger partial charge >= 0.3 is 0 Å². The minimum atomic E-state index is -3.78. The third-order valence-electron chi connectivity index (χ3n) is 1.10. The summed E-state index contributed by atoms with van der Waals surface area (Å²) in [7, 11) is -3.78. The fourth-order valence-corrected chi connectivity index (χ4v) is 1.73. The van der Waals surface area contributed by atoms with Crippen molar-refractivity contribution >= 4 is 32.6 Å². The fourth-order valence-electron chi connectivity index (χ4n) is 0.559. The predicted molar refractivity (Wildman–Crippen MR) is 48.3 cm³/mol. The molecule has 0 fully saturated rings. The first-order chi connectivity index (χ1) is 5.41. The average molecular weight is 302 g/mol. The van der Waals surface area contributed by atoms with Crippen LogP contribution < -0.4 is 5.14 Å². The molecular formula is C5H4FIN2O2S. The quantitative estimate of drug-likeness (QED) is 0.605.